The average molecular weight is 480 g/mol. The molecule has 0 aliphatic carbocycles. The van der Waals surface area contributed by atoms with Crippen molar-refractivity contribution in [2.24, 2.45) is 0 Å². The quantitative estimate of drug-likeness (QED) is 0.418. The molecule has 0 spiro atoms. The molecule has 1 aromatic carbocycles. The zero-order valence-corrected chi connectivity index (χ0v) is 17.8. The van der Waals surface area contributed by atoms with Crippen LogP contribution in [-0.2, 0) is 16.4 Å². The number of nitrogens with one attached hydrogen (secondary N) is 1. The van der Waals surface area contributed by atoms with Gasteiger partial charge in [0.25, 0.3) is 0 Å². The second-order valence-corrected chi connectivity index (χ2v) is 8.78. The zero-order valence-electron chi connectivity index (χ0n) is 15.4. The van der Waals surface area contributed by atoms with Gasteiger partial charge in [-0.2, -0.15) is 9.07 Å². The van der Waals surface area contributed by atoms with E-state index in [-0.39, 0.29) is 27.4 Å². The Kier molecular flexibility index (Phi) is 5.81. The summed E-state index contributed by atoms with van der Waals surface area (Å²) in [6, 6.07) is 10.3. The van der Waals surface area contributed by atoms with Gasteiger partial charge in [-0.25, -0.2) is 18.4 Å². The van der Waals surface area contributed by atoms with Gasteiger partial charge in [0.05, 0.1) is 20.6 Å². The number of hydrogen-bond donors (Lipinski definition) is 1. The van der Waals surface area contributed by atoms with E-state index in [1.165, 1.54) is 10.9 Å². The number of sulfone groups is 1. The van der Waals surface area contributed by atoms with E-state index >= 15 is 0 Å². The van der Waals surface area contributed by atoms with Gasteiger partial charge in [0.15, 0.2) is 5.03 Å². The molecule has 3 aromatic heterocycles. The van der Waals surface area contributed by atoms with E-state index in [1.54, 1.807) is 30.3 Å². The Bertz CT molecular complexity index is 1350. The maximum absolute atomic E-state index is 13.1. The molecule has 0 saturated heterocycles. The van der Waals surface area contributed by atoms with Crippen LogP contribution in [0.15, 0.2) is 64.8 Å². The Labute approximate surface area is 185 Å². The highest BCUT2D eigenvalue weighted by Gasteiger charge is 2.24. The Morgan fingerprint density at radius 1 is 1.06 bits per heavy atom. The van der Waals surface area contributed by atoms with E-state index in [9.17, 15) is 12.8 Å². The fourth-order valence-electron chi connectivity index (χ4n) is 2.72. The van der Waals surface area contributed by atoms with Gasteiger partial charge in [0, 0.05) is 24.5 Å². The summed E-state index contributed by atoms with van der Waals surface area (Å²) >= 11 is 12.3. The number of tetrazole rings is 1. The number of benzene rings is 1. The smallest absolute Gasteiger partial charge is 0.248 e. The standard InChI is InChI=1S/C18H12Cl2FN7O2S/c19-13-4-1-5-14(16(13)20)28-18(25-26-27-28)24-9-11-3-2-8-22-17(11)31(29,30)12-6-7-15(21)23-10-12/h1-8,10H,9H2,(H,24,25,27). The minimum Gasteiger partial charge on any atom is -0.349 e. The third-order valence-electron chi connectivity index (χ3n) is 4.18. The van der Waals surface area contributed by atoms with Crippen LogP contribution in [0.25, 0.3) is 5.69 Å². The normalized spacial score (nSPS) is 11.5. The molecule has 1 N–H and O–H groups in total. The van der Waals surface area contributed by atoms with E-state index in [4.69, 9.17) is 23.2 Å². The molecule has 0 amide bonds. The van der Waals surface area contributed by atoms with Crippen LogP contribution in [-0.4, -0.2) is 38.6 Å². The van der Waals surface area contributed by atoms with Gasteiger partial charge in [-0.1, -0.05) is 40.4 Å². The summed E-state index contributed by atoms with van der Waals surface area (Å²) in [6.07, 6.45) is 2.29. The fraction of sp³-hybridized carbons (Fsp3) is 0.0556. The van der Waals surface area contributed by atoms with Crippen molar-refractivity contribution >= 4 is 39.0 Å². The summed E-state index contributed by atoms with van der Waals surface area (Å²) in [5.41, 5.74) is 0.789. The predicted octanol–water partition coefficient (Wildman–Crippen LogP) is 3.34. The van der Waals surface area contributed by atoms with Crippen LogP contribution in [0.3, 0.4) is 0 Å². The first-order valence-electron chi connectivity index (χ1n) is 8.65. The molecule has 0 fully saturated rings. The largest absolute Gasteiger partial charge is 0.349 e. The van der Waals surface area contributed by atoms with E-state index in [0.29, 0.717) is 16.3 Å². The third-order valence-corrected chi connectivity index (χ3v) is 6.73. The molecule has 4 rings (SSSR count). The van der Waals surface area contributed by atoms with Crippen molar-refractivity contribution in [3.8, 4) is 5.69 Å². The molecule has 0 bridgehead atoms. The molecule has 0 atom stereocenters. The zero-order chi connectivity index (χ0) is 22.0. The Morgan fingerprint density at radius 3 is 2.68 bits per heavy atom. The highest BCUT2D eigenvalue weighted by atomic mass is 35.5. The molecule has 13 heteroatoms. The van der Waals surface area contributed by atoms with Crippen molar-refractivity contribution in [2.75, 3.05) is 5.32 Å². The summed E-state index contributed by atoms with van der Waals surface area (Å²) < 4.78 is 40.4. The summed E-state index contributed by atoms with van der Waals surface area (Å²) in [6.45, 7) is 0.0234. The molecule has 158 valence electrons. The first-order valence-corrected chi connectivity index (χ1v) is 10.9. The van der Waals surface area contributed by atoms with Crippen molar-refractivity contribution in [3.63, 3.8) is 0 Å². The molecule has 31 heavy (non-hydrogen) atoms. The van der Waals surface area contributed by atoms with E-state index in [0.717, 1.165) is 18.3 Å². The predicted molar refractivity (Wildman–Crippen MR) is 110 cm³/mol. The topological polar surface area (TPSA) is 116 Å². The third kappa shape index (κ3) is 4.20. The minimum atomic E-state index is -4.03. The van der Waals surface area contributed by atoms with Crippen molar-refractivity contribution in [1.29, 1.82) is 0 Å². The number of nitrogens with zero attached hydrogens (tertiary/aromatic N) is 6. The summed E-state index contributed by atoms with van der Waals surface area (Å²) in [5.74, 6) is -0.576. The van der Waals surface area contributed by atoms with E-state index in [1.807, 2.05) is 0 Å². The number of pyridine rings is 2. The van der Waals surface area contributed by atoms with E-state index in [2.05, 4.69) is 30.8 Å². The second kappa shape index (κ2) is 8.53. The van der Waals surface area contributed by atoms with Crippen LogP contribution in [0.5, 0.6) is 0 Å². The van der Waals surface area contributed by atoms with E-state index < -0.39 is 15.8 Å². The van der Waals surface area contributed by atoms with Crippen molar-refractivity contribution < 1.29 is 12.8 Å². The van der Waals surface area contributed by atoms with Crippen molar-refractivity contribution in [2.45, 2.75) is 16.5 Å². The highest BCUT2D eigenvalue weighted by molar-refractivity contribution is 7.91. The maximum Gasteiger partial charge on any atom is 0.248 e. The van der Waals surface area contributed by atoms with Crippen LogP contribution >= 0.6 is 23.2 Å². The van der Waals surface area contributed by atoms with Gasteiger partial charge in [-0.05, 0) is 40.8 Å². The molecule has 4 aromatic rings. The molecule has 0 saturated carbocycles. The van der Waals surface area contributed by atoms with Gasteiger partial charge in [-0.3, -0.25) is 0 Å². The summed E-state index contributed by atoms with van der Waals surface area (Å²) in [4.78, 5) is 7.24. The van der Waals surface area contributed by atoms with Crippen LogP contribution < -0.4 is 5.32 Å². The van der Waals surface area contributed by atoms with Crippen LogP contribution in [0.2, 0.25) is 10.0 Å². The van der Waals surface area contributed by atoms with Crippen molar-refractivity contribution in [3.05, 3.63) is 76.4 Å². The Morgan fingerprint density at radius 2 is 1.90 bits per heavy atom. The lowest BCUT2D eigenvalue weighted by molar-refractivity contribution is 0.575. The molecule has 0 aliphatic rings. The van der Waals surface area contributed by atoms with Gasteiger partial charge in [-0.15, -0.1) is 0 Å². The highest BCUT2D eigenvalue weighted by Crippen LogP contribution is 2.29. The Hall–Kier alpha value is -3.15. The monoisotopic (exact) mass is 479 g/mol. The molecular formula is C18H12Cl2FN7O2S. The molecule has 0 aliphatic heterocycles. The summed E-state index contributed by atoms with van der Waals surface area (Å²) in [7, 11) is -4.03. The van der Waals surface area contributed by atoms with Crippen molar-refractivity contribution in [1.82, 2.24) is 30.2 Å². The van der Waals surface area contributed by atoms with Gasteiger partial charge in [0.2, 0.25) is 21.7 Å². The molecule has 3 heterocycles. The van der Waals surface area contributed by atoms with Crippen LogP contribution in [0.4, 0.5) is 10.3 Å². The number of rotatable bonds is 6. The first-order chi connectivity index (χ1) is 14.9. The fourth-order valence-corrected chi connectivity index (χ4v) is 4.45. The number of halogens is 3. The molecular weight excluding hydrogens is 468 g/mol. The molecule has 9 nitrogen and oxygen atoms in total. The second-order valence-electron chi connectivity index (χ2n) is 6.13. The van der Waals surface area contributed by atoms with Crippen LogP contribution in [0, 0.1) is 5.95 Å². The Balaban J connectivity index is 1.64. The van der Waals surface area contributed by atoms with Crippen LogP contribution in [0.1, 0.15) is 5.56 Å². The minimum absolute atomic E-state index is 0.0234. The average Bonchev–Trinajstić information content (AvgIpc) is 3.23. The lowest BCUT2D eigenvalue weighted by Gasteiger charge is -2.12. The first kappa shape index (κ1) is 21.1. The number of hydrogen-bond acceptors (Lipinski definition) is 8. The lowest BCUT2D eigenvalue weighted by Crippen LogP contribution is -2.13. The number of anilines is 1. The van der Waals surface area contributed by atoms with Gasteiger partial charge >= 0.3 is 0 Å². The van der Waals surface area contributed by atoms with Gasteiger partial charge in [0.1, 0.15) is 0 Å². The maximum atomic E-state index is 13.1. The number of aromatic nitrogens is 6. The molecule has 0 radical (unpaired) electrons. The molecule has 0 unspecified atom stereocenters. The summed E-state index contributed by atoms with van der Waals surface area (Å²) in [5, 5.41) is 14.8. The lowest BCUT2D eigenvalue weighted by atomic mass is 10.3. The SMILES string of the molecule is O=S(=O)(c1ccc(F)nc1)c1ncccc1CNc1nnnn1-c1cccc(Cl)c1Cl. The van der Waals surface area contributed by atoms with Gasteiger partial charge < -0.3 is 5.32 Å².